The third kappa shape index (κ3) is 4.81. The molecule has 1 N–H and O–H groups in total. The van der Waals surface area contributed by atoms with Gasteiger partial charge in [0.05, 0.1) is 12.3 Å². The van der Waals surface area contributed by atoms with E-state index in [1.54, 1.807) is 13.2 Å². The zero-order chi connectivity index (χ0) is 15.9. The number of piperidine rings is 1. The smallest absolute Gasteiger partial charge is 0.289 e. The maximum Gasteiger partial charge on any atom is 0.289 e. The molecule has 1 aromatic rings. The van der Waals surface area contributed by atoms with Crippen LogP contribution in [0.4, 0.5) is 0 Å². The Morgan fingerprint density at radius 1 is 1.50 bits per heavy atom. The van der Waals surface area contributed by atoms with Crippen molar-refractivity contribution in [1.29, 1.82) is 0 Å². The summed E-state index contributed by atoms with van der Waals surface area (Å²) >= 11 is 0. The van der Waals surface area contributed by atoms with Gasteiger partial charge in [-0.25, -0.2) is 0 Å². The molecule has 0 bridgehead atoms. The Bertz CT molecular complexity index is 465. The van der Waals surface area contributed by atoms with E-state index in [0.717, 1.165) is 44.8 Å². The highest BCUT2D eigenvalue weighted by Crippen LogP contribution is 2.17. The molecule has 1 fully saturated rings. The molecule has 0 unspecified atom stereocenters. The van der Waals surface area contributed by atoms with Crippen LogP contribution in [-0.4, -0.2) is 55.9 Å². The fourth-order valence-corrected chi connectivity index (χ4v) is 2.63. The maximum atomic E-state index is 12.1. The summed E-state index contributed by atoms with van der Waals surface area (Å²) in [4.78, 5) is 14.5. The summed E-state index contributed by atoms with van der Waals surface area (Å²) in [5.74, 6) is 0.944. The zero-order valence-electron chi connectivity index (χ0n) is 13.8. The van der Waals surface area contributed by atoms with Crippen LogP contribution >= 0.6 is 0 Å². The van der Waals surface area contributed by atoms with Crippen molar-refractivity contribution >= 4 is 5.91 Å². The predicted molar refractivity (Wildman–Crippen MR) is 84.0 cm³/mol. The van der Waals surface area contributed by atoms with E-state index in [0.29, 0.717) is 18.2 Å². The summed E-state index contributed by atoms with van der Waals surface area (Å²) in [7, 11) is 1.73. The highest BCUT2D eigenvalue weighted by molar-refractivity contribution is 5.91. The van der Waals surface area contributed by atoms with E-state index in [-0.39, 0.29) is 11.8 Å². The van der Waals surface area contributed by atoms with Crippen LogP contribution in [0.2, 0.25) is 0 Å². The van der Waals surface area contributed by atoms with Crippen molar-refractivity contribution in [3.8, 4) is 0 Å². The zero-order valence-corrected chi connectivity index (χ0v) is 13.8. The van der Waals surface area contributed by atoms with Crippen LogP contribution in [0.15, 0.2) is 10.6 Å². The van der Waals surface area contributed by atoms with E-state index >= 15 is 0 Å². The van der Waals surface area contributed by atoms with E-state index < -0.39 is 0 Å². The Labute approximate surface area is 132 Å². The number of nitrogens with zero attached hydrogens (tertiary/aromatic N) is 2. The molecule has 22 heavy (non-hydrogen) atoms. The lowest BCUT2D eigenvalue weighted by Crippen LogP contribution is -2.39. The number of aromatic nitrogens is 1. The molecule has 6 heteroatoms. The molecule has 1 aromatic heterocycles. The summed E-state index contributed by atoms with van der Waals surface area (Å²) in [6.07, 6.45) is 2.22. The lowest BCUT2D eigenvalue weighted by Gasteiger charge is -2.31. The molecule has 1 aliphatic heterocycles. The molecule has 0 spiro atoms. The van der Waals surface area contributed by atoms with Crippen molar-refractivity contribution < 1.29 is 14.1 Å². The van der Waals surface area contributed by atoms with Gasteiger partial charge in [-0.15, -0.1) is 0 Å². The molecule has 2 rings (SSSR count). The van der Waals surface area contributed by atoms with Gasteiger partial charge in [0.1, 0.15) is 0 Å². The number of methoxy groups -OCH3 is 1. The molecule has 1 saturated heterocycles. The van der Waals surface area contributed by atoms with Gasteiger partial charge in [0.25, 0.3) is 5.91 Å². The SMILES string of the molecule is COCCN1CCC(CNC(=O)c2cc(C(C)C)no2)CC1. The maximum absolute atomic E-state index is 12.1. The van der Waals surface area contributed by atoms with Crippen LogP contribution in [0.1, 0.15) is 48.9 Å². The van der Waals surface area contributed by atoms with Crippen LogP contribution in [-0.2, 0) is 4.74 Å². The van der Waals surface area contributed by atoms with E-state index in [1.165, 1.54) is 0 Å². The third-order valence-corrected chi connectivity index (χ3v) is 4.21. The average molecular weight is 309 g/mol. The summed E-state index contributed by atoms with van der Waals surface area (Å²) in [6.45, 7) is 8.67. The van der Waals surface area contributed by atoms with Crippen molar-refractivity contribution in [2.45, 2.75) is 32.6 Å². The number of hydrogen-bond acceptors (Lipinski definition) is 5. The molecule has 0 aromatic carbocycles. The fraction of sp³-hybridized carbons (Fsp3) is 0.750. The first-order valence-corrected chi connectivity index (χ1v) is 8.06. The van der Waals surface area contributed by atoms with Gasteiger partial charge in [0.15, 0.2) is 0 Å². The highest BCUT2D eigenvalue weighted by atomic mass is 16.5. The number of carbonyl (C=O) groups is 1. The van der Waals surface area contributed by atoms with E-state index in [4.69, 9.17) is 9.26 Å². The molecule has 0 aliphatic carbocycles. The van der Waals surface area contributed by atoms with Crippen molar-refractivity contribution in [1.82, 2.24) is 15.4 Å². The second-order valence-electron chi connectivity index (χ2n) is 6.26. The van der Waals surface area contributed by atoms with Crippen molar-refractivity contribution in [3.63, 3.8) is 0 Å². The molecule has 124 valence electrons. The molecule has 1 aliphatic rings. The van der Waals surface area contributed by atoms with Crippen LogP contribution in [0.25, 0.3) is 0 Å². The first kappa shape index (κ1) is 17.0. The van der Waals surface area contributed by atoms with Crippen LogP contribution in [0.5, 0.6) is 0 Å². The number of amides is 1. The lowest BCUT2D eigenvalue weighted by molar-refractivity contribution is 0.0890. The Balaban J connectivity index is 1.70. The number of nitrogens with one attached hydrogen (secondary N) is 1. The first-order valence-electron chi connectivity index (χ1n) is 8.06. The molecule has 0 saturated carbocycles. The van der Waals surface area contributed by atoms with Gasteiger partial charge in [-0.05, 0) is 37.8 Å². The van der Waals surface area contributed by atoms with Crippen molar-refractivity contribution in [2.24, 2.45) is 5.92 Å². The predicted octanol–water partition coefficient (Wildman–Crippen LogP) is 1.89. The molecular formula is C16H27N3O3. The third-order valence-electron chi connectivity index (χ3n) is 4.21. The molecule has 6 nitrogen and oxygen atoms in total. The minimum atomic E-state index is -0.166. The van der Waals surface area contributed by atoms with Gasteiger partial charge in [-0.1, -0.05) is 19.0 Å². The standard InChI is InChI=1S/C16H27N3O3/c1-12(2)14-10-15(22-18-14)16(20)17-11-13-4-6-19(7-5-13)8-9-21-3/h10,12-13H,4-9,11H2,1-3H3,(H,17,20). The minimum absolute atomic E-state index is 0.166. The Kier molecular flexibility index (Phi) is 6.39. The number of carbonyl (C=O) groups excluding carboxylic acids is 1. The fourth-order valence-electron chi connectivity index (χ4n) is 2.63. The second-order valence-corrected chi connectivity index (χ2v) is 6.26. The molecule has 1 amide bonds. The van der Waals surface area contributed by atoms with Gasteiger partial charge in [-0.2, -0.15) is 0 Å². The Morgan fingerprint density at radius 3 is 2.82 bits per heavy atom. The highest BCUT2D eigenvalue weighted by Gasteiger charge is 2.21. The van der Waals surface area contributed by atoms with E-state index in [9.17, 15) is 4.79 Å². The summed E-state index contributed by atoms with van der Waals surface area (Å²) < 4.78 is 10.2. The number of rotatable bonds is 7. The van der Waals surface area contributed by atoms with Gasteiger partial charge in [0.2, 0.25) is 5.76 Å². The monoisotopic (exact) mass is 309 g/mol. The van der Waals surface area contributed by atoms with E-state index in [1.807, 2.05) is 13.8 Å². The normalized spacial score (nSPS) is 17.1. The van der Waals surface area contributed by atoms with Crippen molar-refractivity contribution in [2.75, 3.05) is 39.9 Å². The van der Waals surface area contributed by atoms with Crippen LogP contribution in [0, 0.1) is 5.92 Å². The van der Waals surface area contributed by atoms with Crippen LogP contribution < -0.4 is 5.32 Å². The van der Waals surface area contributed by atoms with Crippen molar-refractivity contribution in [3.05, 3.63) is 17.5 Å². The topological polar surface area (TPSA) is 67.6 Å². The summed E-state index contributed by atoms with van der Waals surface area (Å²) in [6, 6.07) is 1.73. The first-order chi connectivity index (χ1) is 10.6. The molecule has 0 radical (unpaired) electrons. The Morgan fingerprint density at radius 2 is 2.23 bits per heavy atom. The number of likely N-dealkylation sites (tertiary alicyclic amines) is 1. The van der Waals surface area contributed by atoms with E-state index in [2.05, 4.69) is 15.4 Å². The number of hydrogen-bond donors (Lipinski definition) is 1. The van der Waals surface area contributed by atoms with Gasteiger partial charge in [-0.3, -0.25) is 4.79 Å². The Hall–Kier alpha value is -1.40. The average Bonchev–Trinajstić information content (AvgIpc) is 3.02. The summed E-state index contributed by atoms with van der Waals surface area (Å²) in [5, 5.41) is 6.88. The van der Waals surface area contributed by atoms with Gasteiger partial charge < -0.3 is 19.5 Å². The number of ether oxygens (including phenoxy) is 1. The van der Waals surface area contributed by atoms with Crippen LogP contribution in [0.3, 0.4) is 0 Å². The second kappa shape index (κ2) is 8.29. The lowest BCUT2D eigenvalue weighted by atomic mass is 9.97. The van der Waals surface area contributed by atoms with Gasteiger partial charge in [0, 0.05) is 26.3 Å². The molecule has 0 atom stereocenters. The largest absolute Gasteiger partial charge is 0.383 e. The quantitative estimate of drug-likeness (QED) is 0.833. The van der Waals surface area contributed by atoms with Gasteiger partial charge >= 0.3 is 0 Å². The molecule has 2 heterocycles. The minimum Gasteiger partial charge on any atom is -0.383 e. The summed E-state index contributed by atoms with van der Waals surface area (Å²) in [5.41, 5.74) is 0.816. The molecular weight excluding hydrogens is 282 g/mol.